The van der Waals surface area contributed by atoms with Crippen LogP contribution in [0.1, 0.15) is 11.1 Å². The highest BCUT2D eigenvalue weighted by Gasteiger charge is 2.08. The fourth-order valence-electron chi connectivity index (χ4n) is 1.81. The van der Waals surface area contributed by atoms with Crippen LogP contribution in [0, 0.1) is 6.92 Å². The van der Waals surface area contributed by atoms with Crippen LogP contribution in [0.5, 0.6) is 0 Å². The lowest BCUT2D eigenvalue weighted by molar-refractivity contribution is -0.876. The average Bonchev–Trinajstić information content (AvgIpc) is 2.36. The van der Waals surface area contributed by atoms with E-state index >= 15 is 0 Å². The smallest absolute Gasteiger partial charge is 0.0923 e. The zero-order chi connectivity index (χ0) is 15.2. The third-order valence-corrected chi connectivity index (χ3v) is 3.21. The Hall–Kier alpha value is -0.0400. The van der Waals surface area contributed by atoms with Crippen molar-refractivity contribution >= 4 is 35.1 Å². The van der Waals surface area contributed by atoms with Gasteiger partial charge in [-0.05, 0) is 24.6 Å². The molecular weight excluding hydrogens is 420 g/mol. The van der Waals surface area contributed by atoms with Gasteiger partial charge in [-0.15, -0.1) is 23.2 Å². The third-order valence-electron chi connectivity index (χ3n) is 2.87. The predicted molar refractivity (Wildman–Crippen MR) is 90.5 cm³/mol. The quantitative estimate of drug-likeness (QED) is 0.195. The van der Waals surface area contributed by atoms with Crippen LogP contribution in [0.15, 0.2) is 23.3 Å². The highest BCUT2D eigenvalue weighted by atomic mass is 127. The van der Waals surface area contributed by atoms with Gasteiger partial charge in [0.25, 0.3) is 0 Å². The van der Waals surface area contributed by atoms with E-state index in [9.17, 15) is 0 Å². The molecule has 0 spiro atoms. The molecule has 0 unspecified atom stereocenters. The van der Waals surface area contributed by atoms with Crippen LogP contribution >= 0.6 is 23.2 Å². The first-order valence-corrected chi connectivity index (χ1v) is 7.79. The van der Waals surface area contributed by atoms with E-state index in [2.05, 4.69) is 35.1 Å². The standard InChI is InChI=1S/C15H24Cl2N3.HI/c1-13-11-15(19(9-7-16)10-8-17)6-5-14(13)12-18-20(2,3)4;/h5-6,11-12H,7-10H2,1-4H3;1H/q+1;/p-1/b18-12+;. The van der Waals surface area contributed by atoms with Gasteiger partial charge in [-0.25, -0.2) is 4.59 Å². The van der Waals surface area contributed by atoms with E-state index in [-0.39, 0.29) is 24.0 Å². The summed E-state index contributed by atoms with van der Waals surface area (Å²) in [5.74, 6) is 1.20. The summed E-state index contributed by atoms with van der Waals surface area (Å²) in [6.45, 7) is 3.71. The molecule has 0 fully saturated rings. The Morgan fingerprint density at radius 3 is 2.14 bits per heavy atom. The normalized spacial score (nSPS) is 11.5. The van der Waals surface area contributed by atoms with Crippen molar-refractivity contribution < 1.29 is 28.6 Å². The van der Waals surface area contributed by atoms with E-state index in [4.69, 9.17) is 23.2 Å². The summed E-state index contributed by atoms with van der Waals surface area (Å²) in [4.78, 5) is 2.20. The topological polar surface area (TPSA) is 15.6 Å². The molecule has 0 aliphatic carbocycles. The van der Waals surface area contributed by atoms with E-state index < -0.39 is 0 Å². The van der Waals surface area contributed by atoms with Crippen molar-refractivity contribution in [1.29, 1.82) is 0 Å². The number of halogens is 3. The molecule has 0 saturated heterocycles. The molecule has 0 atom stereocenters. The van der Waals surface area contributed by atoms with Gasteiger partial charge in [0.05, 0.1) is 27.4 Å². The van der Waals surface area contributed by atoms with Gasteiger partial charge >= 0.3 is 0 Å². The molecule has 1 aromatic rings. The number of alkyl halides is 2. The van der Waals surface area contributed by atoms with Crippen molar-refractivity contribution in [2.75, 3.05) is 50.9 Å². The van der Waals surface area contributed by atoms with Gasteiger partial charge < -0.3 is 28.9 Å². The number of quaternary nitrogens is 1. The van der Waals surface area contributed by atoms with Crippen molar-refractivity contribution in [2.24, 2.45) is 5.10 Å². The molecular formula is C15H24Cl2IN3. The Morgan fingerprint density at radius 1 is 1.14 bits per heavy atom. The molecule has 3 nitrogen and oxygen atoms in total. The summed E-state index contributed by atoms with van der Waals surface area (Å²) in [5.41, 5.74) is 3.50. The largest absolute Gasteiger partial charge is 1.00 e. The molecule has 0 saturated carbocycles. The Bertz CT molecular complexity index is 453. The second-order valence-corrected chi connectivity index (χ2v) is 6.35. The maximum absolute atomic E-state index is 5.84. The third kappa shape index (κ3) is 7.68. The molecule has 0 radical (unpaired) electrons. The van der Waals surface area contributed by atoms with Gasteiger partial charge in [-0.3, -0.25) is 0 Å². The molecule has 1 aromatic carbocycles. The number of hydrogen-bond acceptors (Lipinski definition) is 2. The lowest BCUT2D eigenvalue weighted by Crippen LogP contribution is -3.00. The molecule has 0 amide bonds. The molecule has 0 bridgehead atoms. The fraction of sp³-hybridized carbons (Fsp3) is 0.533. The number of hydrogen-bond donors (Lipinski definition) is 0. The maximum atomic E-state index is 5.84. The molecule has 6 heteroatoms. The Balaban J connectivity index is 0.00000400. The summed E-state index contributed by atoms with van der Waals surface area (Å²) in [6.07, 6.45) is 1.92. The molecule has 1 rings (SSSR count). The average molecular weight is 444 g/mol. The van der Waals surface area contributed by atoms with Gasteiger partial charge in [0.1, 0.15) is 0 Å². The van der Waals surface area contributed by atoms with Crippen LogP contribution in [0.2, 0.25) is 0 Å². The first-order valence-electron chi connectivity index (χ1n) is 6.72. The van der Waals surface area contributed by atoms with Gasteiger partial charge in [0, 0.05) is 36.1 Å². The maximum Gasteiger partial charge on any atom is 0.0923 e. The zero-order valence-corrected chi connectivity index (χ0v) is 16.8. The molecule has 0 heterocycles. The van der Waals surface area contributed by atoms with Gasteiger partial charge in [-0.2, -0.15) is 0 Å². The SMILES string of the molecule is Cc1cc(N(CCCl)CCCl)ccc1/C=N/[N+](C)(C)C.[I-]. The summed E-state index contributed by atoms with van der Waals surface area (Å²) < 4.78 is 0.561. The van der Waals surface area contributed by atoms with E-state index in [0.29, 0.717) is 16.4 Å². The van der Waals surface area contributed by atoms with Crippen molar-refractivity contribution in [1.82, 2.24) is 0 Å². The summed E-state index contributed by atoms with van der Waals surface area (Å²) >= 11 is 11.7. The second kappa shape index (κ2) is 9.87. The van der Waals surface area contributed by atoms with Crippen LogP contribution in [-0.4, -0.2) is 56.8 Å². The first kappa shape index (κ1) is 21.0. The van der Waals surface area contributed by atoms with E-state index in [1.54, 1.807) is 0 Å². The van der Waals surface area contributed by atoms with E-state index in [1.165, 1.54) is 5.56 Å². The van der Waals surface area contributed by atoms with E-state index in [0.717, 1.165) is 24.3 Å². The van der Waals surface area contributed by atoms with Gasteiger partial charge in [-0.1, -0.05) is 11.2 Å². The predicted octanol–water partition coefficient (Wildman–Crippen LogP) is 0.323. The van der Waals surface area contributed by atoms with Crippen LogP contribution in [0.3, 0.4) is 0 Å². The summed E-state index contributed by atoms with van der Waals surface area (Å²) in [5, 5.41) is 4.49. The van der Waals surface area contributed by atoms with E-state index in [1.807, 2.05) is 27.4 Å². The highest BCUT2D eigenvalue weighted by Crippen LogP contribution is 2.19. The number of anilines is 1. The molecule has 21 heavy (non-hydrogen) atoms. The molecule has 0 aliphatic rings. The summed E-state index contributed by atoms with van der Waals surface area (Å²) in [6, 6.07) is 6.36. The van der Waals surface area contributed by atoms with Crippen LogP contribution < -0.4 is 28.9 Å². The van der Waals surface area contributed by atoms with Gasteiger partial charge in [0.2, 0.25) is 0 Å². The van der Waals surface area contributed by atoms with Crippen molar-refractivity contribution in [3.05, 3.63) is 29.3 Å². The van der Waals surface area contributed by atoms with Crippen LogP contribution in [0.25, 0.3) is 0 Å². The number of benzene rings is 1. The minimum Gasteiger partial charge on any atom is -1.00 e. The Morgan fingerprint density at radius 2 is 1.71 bits per heavy atom. The number of rotatable bonds is 7. The highest BCUT2D eigenvalue weighted by molar-refractivity contribution is 6.18. The molecule has 120 valence electrons. The summed E-state index contributed by atoms with van der Waals surface area (Å²) in [7, 11) is 6.09. The fourth-order valence-corrected chi connectivity index (χ4v) is 2.22. The second-order valence-electron chi connectivity index (χ2n) is 5.59. The van der Waals surface area contributed by atoms with Crippen molar-refractivity contribution in [3.8, 4) is 0 Å². The zero-order valence-electron chi connectivity index (χ0n) is 13.1. The monoisotopic (exact) mass is 443 g/mol. The van der Waals surface area contributed by atoms with Crippen LogP contribution in [0.4, 0.5) is 5.69 Å². The Labute approximate surface area is 155 Å². The molecule has 0 aliphatic heterocycles. The lowest BCUT2D eigenvalue weighted by atomic mass is 10.1. The van der Waals surface area contributed by atoms with Crippen molar-refractivity contribution in [3.63, 3.8) is 0 Å². The van der Waals surface area contributed by atoms with Crippen molar-refractivity contribution in [2.45, 2.75) is 6.92 Å². The minimum absolute atomic E-state index is 0. The van der Waals surface area contributed by atoms with Crippen LogP contribution in [-0.2, 0) is 0 Å². The number of aryl methyl sites for hydroxylation is 1. The minimum atomic E-state index is 0. The molecule has 0 aromatic heterocycles. The van der Waals surface area contributed by atoms with Gasteiger partial charge in [0.15, 0.2) is 0 Å². The lowest BCUT2D eigenvalue weighted by Gasteiger charge is -2.23. The first-order chi connectivity index (χ1) is 9.37. The Kier molecular flexibility index (Phi) is 9.85. The number of nitrogens with zero attached hydrogens (tertiary/aromatic N) is 3. The molecule has 0 N–H and O–H groups in total.